The van der Waals surface area contributed by atoms with E-state index in [4.69, 9.17) is 9.47 Å². The number of ketones is 1. The highest BCUT2D eigenvalue weighted by Gasteiger charge is 2.73. The number of aliphatic carboxylic acids is 1. The molecule has 0 aliphatic heterocycles. The molecule has 0 radical (unpaired) electrons. The highest BCUT2D eigenvalue weighted by atomic mass is 16.6. The van der Waals surface area contributed by atoms with Gasteiger partial charge in [-0.15, -0.1) is 0 Å². The van der Waals surface area contributed by atoms with E-state index in [1.165, 1.54) is 13.8 Å². The molecule has 4 rings (SSSR count). The minimum absolute atomic E-state index is 0.0245. The van der Waals surface area contributed by atoms with Crippen LogP contribution < -0.4 is 0 Å². The Labute approximate surface area is 250 Å². The van der Waals surface area contributed by atoms with Crippen LogP contribution in [0.1, 0.15) is 107 Å². The van der Waals surface area contributed by atoms with Crippen LogP contribution in [0.25, 0.3) is 0 Å². The highest BCUT2D eigenvalue weighted by molar-refractivity contribution is 6.04. The van der Waals surface area contributed by atoms with Crippen molar-refractivity contribution in [1.82, 2.24) is 0 Å². The van der Waals surface area contributed by atoms with E-state index in [9.17, 15) is 29.4 Å². The fraction of sp³-hybridized carbons (Fsp3) is 0.765. The number of allylic oxidation sites excluding steroid dienone is 1. The van der Waals surface area contributed by atoms with E-state index < -0.39 is 51.9 Å². The number of fused-ring (bicyclic) bond motifs is 4. The van der Waals surface area contributed by atoms with Crippen LogP contribution in [0.15, 0.2) is 22.8 Å². The molecule has 0 spiro atoms. The van der Waals surface area contributed by atoms with Crippen molar-refractivity contribution in [3.05, 3.63) is 22.8 Å². The Morgan fingerprint density at radius 1 is 1.02 bits per heavy atom. The van der Waals surface area contributed by atoms with Crippen LogP contribution in [0.3, 0.4) is 0 Å². The Balaban J connectivity index is 1.91. The lowest BCUT2D eigenvalue weighted by Gasteiger charge is -2.62. The van der Waals surface area contributed by atoms with Crippen molar-refractivity contribution in [3.63, 3.8) is 0 Å². The number of Topliss-reactive ketones (excluding diaryl/α,β-unsaturated/α-hetero) is 1. The van der Waals surface area contributed by atoms with Crippen molar-refractivity contribution < 1.29 is 38.9 Å². The normalized spacial score (nSPS) is 40.0. The number of carboxylic acid groups (broad SMARTS) is 1. The van der Waals surface area contributed by atoms with Gasteiger partial charge in [-0.3, -0.25) is 14.4 Å². The molecule has 0 amide bonds. The Bertz CT molecular complexity index is 1230. The third kappa shape index (κ3) is 4.67. The van der Waals surface area contributed by atoms with Gasteiger partial charge in [-0.1, -0.05) is 53.2 Å². The number of carboxylic acids is 1. The first-order valence-corrected chi connectivity index (χ1v) is 15.6. The highest BCUT2D eigenvalue weighted by Crippen LogP contribution is 2.72. The average Bonchev–Trinajstić information content (AvgIpc) is 3.11. The van der Waals surface area contributed by atoms with E-state index in [-0.39, 0.29) is 35.1 Å². The minimum Gasteiger partial charge on any atom is -0.478 e. The van der Waals surface area contributed by atoms with E-state index in [0.717, 1.165) is 17.6 Å². The maximum Gasteiger partial charge on any atom is 0.330 e. The molecule has 2 saturated carbocycles. The maximum absolute atomic E-state index is 14.8. The van der Waals surface area contributed by atoms with Gasteiger partial charge in [0.05, 0.1) is 6.10 Å². The predicted octanol–water partition coefficient (Wildman–Crippen LogP) is 5.81. The van der Waals surface area contributed by atoms with Crippen LogP contribution in [0.4, 0.5) is 0 Å². The summed E-state index contributed by atoms with van der Waals surface area (Å²) in [5, 5.41) is 20.3. The number of aliphatic hydroxyl groups is 1. The number of ether oxygens (including phenoxy) is 2. The molecule has 0 heterocycles. The van der Waals surface area contributed by atoms with Gasteiger partial charge in [0.25, 0.3) is 0 Å². The number of hydrogen-bond acceptors (Lipinski definition) is 7. The summed E-state index contributed by atoms with van der Waals surface area (Å²) in [6.45, 7) is 16.9. The van der Waals surface area contributed by atoms with Gasteiger partial charge < -0.3 is 19.7 Å². The smallest absolute Gasteiger partial charge is 0.330 e. The maximum atomic E-state index is 14.8. The zero-order chi connectivity index (χ0) is 31.6. The first-order valence-electron chi connectivity index (χ1n) is 15.6. The third-order valence-corrected chi connectivity index (χ3v) is 12.4. The van der Waals surface area contributed by atoms with E-state index in [2.05, 4.69) is 34.6 Å². The monoisotopic (exact) mass is 586 g/mol. The summed E-state index contributed by atoms with van der Waals surface area (Å²) in [5.74, 6) is -2.06. The fourth-order valence-electron chi connectivity index (χ4n) is 9.95. The number of rotatable bonds is 7. The first-order chi connectivity index (χ1) is 19.3. The zero-order valence-corrected chi connectivity index (χ0v) is 26.8. The van der Waals surface area contributed by atoms with Crippen LogP contribution in [0.5, 0.6) is 0 Å². The number of hydrogen-bond donors (Lipinski definition) is 2. The molecule has 0 aromatic rings. The number of esters is 2. The molecule has 4 aliphatic carbocycles. The molecular formula is C34H50O8. The van der Waals surface area contributed by atoms with Gasteiger partial charge >= 0.3 is 17.9 Å². The van der Waals surface area contributed by atoms with Crippen molar-refractivity contribution in [2.24, 2.45) is 39.4 Å². The van der Waals surface area contributed by atoms with Crippen LogP contribution >= 0.6 is 0 Å². The van der Waals surface area contributed by atoms with Gasteiger partial charge in [-0.25, -0.2) is 4.79 Å². The van der Waals surface area contributed by atoms with Crippen molar-refractivity contribution in [2.75, 3.05) is 0 Å². The number of carbonyl (C=O) groups excluding carboxylic acids is 3. The zero-order valence-electron chi connectivity index (χ0n) is 26.8. The van der Waals surface area contributed by atoms with Crippen molar-refractivity contribution in [1.29, 1.82) is 0 Å². The Hall–Kier alpha value is -2.48. The molecule has 8 heteroatoms. The van der Waals surface area contributed by atoms with Crippen molar-refractivity contribution in [3.8, 4) is 0 Å². The molecule has 42 heavy (non-hydrogen) atoms. The largest absolute Gasteiger partial charge is 0.478 e. The molecule has 9 unspecified atom stereocenters. The molecule has 2 fully saturated rings. The lowest BCUT2D eigenvalue weighted by molar-refractivity contribution is -0.180. The van der Waals surface area contributed by atoms with Gasteiger partial charge in [0.15, 0.2) is 6.10 Å². The molecule has 9 atom stereocenters. The average molecular weight is 587 g/mol. The molecule has 0 aromatic carbocycles. The molecule has 8 nitrogen and oxygen atoms in total. The standard InChI is InChI=1S/C34H50O8/c1-18(11-10-12-19(2)30(39)40)23-17-26(41-20(3)35)33(8)22-13-14-24-31(5,6)25(37)15-16-32(24,7)27(22)28(38)29(34(23,33)9)42-21(4)36/h12,18,23-26,29,37H,10-11,13-17H2,1-9H3,(H,39,40). The second kappa shape index (κ2) is 10.9. The van der Waals surface area contributed by atoms with Crippen LogP contribution in [-0.2, 0) is 28.7 Å². The van der Waals surface area contributed by atoms with Crippen molar-refractivity contribution >= 4 is 23.7 Å². The van der Waals surface area contributed by atoms with Gasteiger partial charge in [-0.2, -0.15) is 0 Å². The Morgan fingerprint density at radius 3 is 2.21 bits per heavy atom. The minimum atomic E-state index is -1.05. The van der Waals surface area contributed by atoms with E-state index in [0.29, 0.717) is 38.5 Å². The SMILES string of the molecule is CC(=O)OC1CC(C(C)CCC=C(C)C(=O)O)C2(C)C(OC(C)=O)C(=O)C3=C(CCC4C3(C)CCC(O)C4(C)C)C12C. The fourth-order valence-corrected chi connectivity index (χ4v) is 9.95. The Morgan fingerprint density at radius 2 is 1.64 bits per heavy atom. The summed E-state index contributed by atoms with van der Waals surface area (Å²) in [7, 11) is 0. The second-order valence-corrected chi connectivity index (χ2v) is 14.8. The topological polar surface area (TPSA) is 127 Å². The summed E-state index contributed by atoms with van der Waals surface area (Å²) in [6.07, 6.45) is 4.12. The molecule has 2 N–H and O–H groups in total. The molecule has 234 valence electrons. The second-order valence-electron chi connectivity index (χ2n) is 14.8. The van der Waals surface area contributed by atoms with Crippen molar-refractivity contribution in [2.45, 2.75) is 126 Å². The lowest BCUT2D eigenvalue weighted by Crippen LogP contribution is -2.64. The molecule has 4 aliphatic rings. The molecule has 0 aromatic heterocycles. The third-order valence-electron chi connectivity index (χ3n) is 12.4. The van der Waals surface area contributed by atoms with Crippen LogP contribution in [0, 0.1) is 39.4 Å². The molecule has 0 bridgehead atoms. The lowest BCUT2D eigenvalue weighted by atomic mass is 9.42. The van der Waals surface area contributed by atoms with E-state index in [1.54, 1.807) is 13.0 Å². The summed E-state index contributed by atoms with van der Waals surface area (Å²) in [6, 6.07) is 0. The number of aliphatic hydroxyl groups excluding tert-OH is 1. The number of carbonyl (C=O) groups is 4. The summed E-state index contributed by atoms with van der Waals surface area (Å²) < 4.78 is 12.2. The van der Waals surface area contributed by atoms with Gasteiger partial charge in [0.2, 0.25) is 5.78 Å². The summed E-state index contributed by atoms with van der Waals surface area (Å²) in [4.78, 5) is 51.3. The summed E-state index contributed by atoms with van der Waals surface area (Å²) in [5.41, 5.74) is -0.502. The Kier molecular flexibility index (Phi) is 8.42. The van der Waals surface area contributed by atoms with E-state index >= 15 is 0 Å². The van der Waals surface area contributed by atoms with Gasteiger partial charge in [0, 0.05) is 35.8 Å². The summed E-state index contributed by atoms with van der Waals surface area (Å²) >= 11 is 0. The molecule has 0 saturated heterocycles. The van der Waals surface area contributed by atoms with Gasteiger partial charge in [0.1, 0.15) is 6.10 Å². The van der Waals surface area contributed by atoms with Gasteiger partial charge in [-0.05, 0) is 80.5 Å². The van der Waals surface area contributed by atoms with E-state index in [1.807, 2.05) is 6.92 Å². The van der Waals surface area contributed by atoms with Crippen LogP contribution in [-0.4, -0.2) is 52.2 Å². The first kappa shape index (κ1) is 32.4. The quantitative estimate of drug-likeness (QED) is 0.283. The predicted molar refractivity (Wildman–Crippen MR) is 157 cm³/mol. The van der Waals surface area contributed by atoms with Crippen LogP contribution in [0.2, 0.25) is 0 Å². The molecular weight excluding hydrogens is 536 g/mol.